The summed E-state index contributed by atoms with van der Waals surface area (Å²) in [5, 5.41) is 23.4. The number of carbonyl (C=O) groups excluding carboxylic acids is 3. The molecule has 196 valence electrons. The summed E-state index contributed by atoms with van der Waals surface area (Å²) in [5.41, 5.74) is 5.54. The molecule has 0 aromatic rings. The molecule has 0 aliphatic rings. The fraction of sp³-hybridized carbons (Fsp3) is 0.760. The van der Waals surface area contributed by atoms with E-state index in [2.05, 4.69) is 10.6 Å². The summed E-state index contributed by atoms with van der Waals surface area (Å²) in [6.45, 7) is 0.0786. The number of carboxylic acid groups (broad SMARTS) is 1. The van der Waals surface area contributed by atoms with Crippen LogP contribution in [0, 0.1) is 5.92 Å². The summed E-state index contributed by atoms with van der Waals surface area (Å²) in [4.78, 5) is 45.7. The van der Waals surface area contributed by atoms with Crippen molar-refractivity contribution in [3.05, 3.63) is 11.8 Å². The number of likely N-dealkylation sites (N-methyl/N-ethyl adjacent to an activating group) is 1. The van der Waals surface area contributed by atoms with Gasteiger partial charge in [-0.15, -0.1) is 0 Å². The Morgan fingerprint density at radius 1 is 0.853 bits per heavy atom. The first kappa shape index (κ1) is 31.6. The molecule has 2 amide bonds. The number of aliphatic hydroxyl groups is 1. The summed E-state index contributed by atoms with van der Waals surface area (Å²) in [6, 6.07) is 0. The van der Waals surface area contributed by atoms with Crippen LogP contribution in [0.25, 0.3) is 0 Å². The number of hydrogen-bond acceptors (Lipinski definition) is 6. The minimum Gasteiger partial charge on any atom is -0.481 e. The highest BCUT2D eigenvalue weighted by molar-refractivity contribution is 5.97. The molecule has 0 unspecified atom stereocenters. The van der Waals surface area contributed by atoms with E-state index in [4.69, 9.17) is 15.9 Å². The quantitative estimate of drug-likeness (QED) is 0.110. The summed E-state index contributed by atoms with van der Waals surface area (Å²) < 4.78 is 0. The van der Waals surface area contributed by atoms with Crippen molar-refractivity contribution in [2.75, 3.05) is 20.2 Å². The second-order valence-corrected chi connectivity index (χ2v) is 8.70. The summed E-state index contributed by atoms with van der Waals surface area (Å²) in [7, 11) is 1.62. The Morgan fingerprint density at radius 2 is 1.38 bits per heavy atom. The molecular formula is C25H45N3O6. The Hall–Kier alpha value is -2.42. The third-order valence-electron chi connectivity index (χ3n) is 5.72. The maximum Gasteiger partial charge on any atom is 0.303 e. The van der Waals surface area contributed by atoms with Crippen LogP contribution in [0.5, 0.6) is 0 Å². The van der Waals surface area contributed by atoms with Crippen LogP contribution in [0.1, 0.15) is 96.3 Å². The Morgan fingerprint density at radius 3 is 1.85 bits per heavy atom. The molecule has 0 saturated carbocycles. The van der Waals surface area contributed by atoms with Gasteiger partial charge in [0.2, 0.25) is 11.8 Å². The molecule has 0 aromatic heterocycles. The standard InChI is InChI=1S/C25H45N3O6/c1-27-21(22(30)18-20(19-29)25(26)34)14-12-13-17-28-23(31)15-10-8-6-4-2-3-5-7-9-11-16-24(32)33/h14,20,27,29H,2-13,15-19H2,1H3,(H2,26,34)(H,28,31)(H,32,33)/b21-14+/t20-/m0/s1. The number of carbonyl (C=O) groups is 4. The predicted molar refractivity (Wildman–Crippen MR) is 132 cm³/mol. The van der Waals surface area contributed by atoms with Crippen LogP contribution < -0.4 is 16.4 Å². The lowest BCUT2D eigenvalue weighted by Gasteiger charge is -2.11. The third-order valence-corrected chi connectivity index (χ3v) is 5.72. The number of ketones is 1. The van der Waals surface area contributed by atoms with Gasteiger partial charge >= 0.3 is 5.97 Å². The molecule has 0 heterocycles. The molecule has 0 saturated heterocycles. The van der Waals surface area contributed by atoms with E-state index in [1.54, 1.807) is 13.1 Å². The van der Waals surface area contributed by atoms with E-state index in [9.17, 15) is 19.2 Å². The van der Waals surface area contributed by atoms with Gasteiger partial charge in [0, 0.05) is 32.9 Å². The van der Waals surface area contributed by atoms with E-state index in [1.807, 2.05) is 0 Å². The summed E-state index contributed by atoms with van der Waals surface area (Å²) in [5.74, 6) is -2.53. The first-order valence-corrected chi connectivity index (χ1v) is 12.6. The van der Waals surface area contributed by atoms with Gasteiger partial charge in [0.1, 0.15) is 0 Å². The molecule has 34 heavy (non-hydrogen) atoms. The fourth-order valence-electron chi connectivity index (χ4n) is 3.58. The monoisotopic (exact) mass is 483 g/mol. The Balaban J connectivity index is 3.72. The average molecular weight is 484 g/mol. The summed E-state index contributed by atoms with van der Waals surface area (Å²) >= 11 is 0. The maximum absolute atomic E-state index is 12.2. The highest BCUT2D eigenvalue weighted by atomic mass is 16.4. The molecule has 0 bridgehead atoms. The van der Waals surface area contributed by atoms with Crippen molar-refractivity contribution in [1.82, 2.24) is 10.6 Å². The van der Waals surface area contributed by atoms with E-state index in [0.29, 0.717) is 31.5 Å². The number of amides is 2. The van der Waals surface area contributed by atoms with Gasteiger partial charge in [0.05, 0.1) is 18.2 Å². The number of nitrogens with two attached hydrogens (primary N) is 1. The van der Waals surface area contributed by atoms with E-state index in [1.165, 1.54) is 19.3 Å². The second-order valence-electron chi connectivity index (χ2n) is 8.70. The van der Waals surface area contributed by atoms with Gasteiger partial charge in [0.25, 0.3) is 0 Å². The van der Waals surface area contributed by atoms with E-state index in [0.717, 1.165) is 44.9 Å². The van der Waals surface area contributed by atoms with Gasteiger partial charge in [-0.2, -0.15) is 0 Å². The zero-order valence-corrected chi connectivity index (χ0v) is 20.8. The van der Waals surface area contributed by atoms with Crippen molar-refractivity contribution in [3.8, 4) is 0 Å². The number of rotatable bonds is 23. The highest BCUT2D eigenvalue weighted by Gasteiger charge is 2.20. The van der Waals surface area contributed by atoms with Crippen molar-refractivity contribution in [1.29, 1.82) is 0 Å². The van der Waals surface area contributed by atoms with Crippen LogP contribution >= 0.6 is 0 Å². The van der Waals surface area contributed by atoms with Crippen LogP contribution in [-0.4, -0.2) is 54.0 Å². The molecule has 6 N–H and O–H groups in total. The highest BCUT2D eigenvalue weighted by Crippen LogP contribution is 2.12. The zero-order valence-electron chi connectivity index (χ0n) is 20.8. The lowest BCUT2D eigenvalue weighted by molar-refractivity contribution is -0.137. The van der Waals surface area contributed by atoms with Crippen LogP contribution in [0.4, 0.5) is 0 Å². The van der Waals surface area contributed by atoms with Crippen molar-refractivity contribution in [2.24, 2.45) is 11.7 Å². The first-order chi connectivity index (χ1) is 16.3. The number of aliphatic hydroxyl groups excluding tert-OH is 1. The molecule has 0 aromatic carbocycles. The van der Waals surface area contributed by atoms with E-state index in [-0.39, 0.29) is 24.5 Å². The largest absolute Gasteiger partial charge is 0.481 e. The normalized spacial score (nSPS) is 12.2. The van der Waals surface area contributed by atoms with E-state index < -0.39 is 24.4 Å². The molecule has 0 fully saturated rings. The molecule has 0 spiro atoms. The number of carboxylic acids is 1. The van der Waals surface area contributed by atoms with Crippen molar-refractivity contribution < 1.29 is 29.4 Å². The first-order valence-electron chi connectivity index (χ1n) is 12.6. The molecule has 9 heteroatoms. The van der Waals surface area contributed by atoms with Crippen LogP contribution in [-0.2, 0) is 19.2 Å². The number of primary amides is 1. The molecular weight excluding hydrogens is 438 g/mol. The predicted octanol–water partition coefficient (Wildman–Crippen LogP) is 2.80. The number of Topliss-reactive ketones (excluding diaryl/α,β-unsaturated/α-hetero) is 1. The van der Waals surface area contributed by atoms with Gasteiger partial charge in [-0.05, 0) is 25.7 Å². The Labute approximate surface area is 203 Å². The molecule has 0 aliphatic heterocycles. The minimum atomic E-state index is -0.884. The number of unbranched alkanes of at least 4 members (excludes halogenated alkanes) is 10. The van der Waals surface area contributed by atoms with Crippen LogP contribution in [0.15, 0.2) is 11.8 Å². The third kappa shape index (κ3) is 18.1. The van der Waals surface area contributed by atoms with Crippen molar-refractivity contribution in [2.45, 2.75) is 96.3 Å². The smallest absolute Gasteiger partial charge is 0.303 e. The topological polar surface area (TPSA) is 159 Å². The average Bonchev–Trinajstić information content (AvgIpc) is 2.79. The van der Waals surface area contributed by atoms with Gasteiger partial charge in [0.15, 0.2) is 5.78 Å². The lowest BCUT2D eigenvalue weighted by atomic mass is 10.0. The molecule has 9 nitrogen and oxygen atoms in total. The Kier molecular flexibility index (Phi) is 19.6. The zero-order chi connectivity index (χ0) is 25.6. The SMILES string of the molecule is CN/C(=C/CCCNC(=O)CCCCCCCCCCCCC(=O)O)C(=O)C[C@@H](CO)C(N)=O. The number of hydrogen-bond donors (Lipinski definition) is 5. The molecule has 0 aliphatic carbocycles. The fourth-order valence-corrected chi connectivity index (χ4v) is 3.58. The Bertz CT molecular complexity index is 636. The maximum atomic E-state index is 12.2. The lowest BCUT2D eigenvalue weighted by Crippen LogP contribution is -2.30. The minimum absolute atomic E-state index is 0.0440. The van der Waals surface area contributed by atoms with E-state index >= 15 is 0 Å². The molecule has 0 radical (unpaired) electrons. The van der Waals surface area contributed by atoms with Crippen LogP contribution in [0.3, 0.4) is 0 Å². The molecule has 0 rings (SSSR count). The van der Waals surface area contributed by atoms with Gasteiger partial charge in [-0.1, -0.05) is 57.4 Å². The summed E-state index contributed by atoms with van der Waals surface area (Å²) in [6.07, 6.45) is 14.3. The number of allylic oxidation sites excluding steroid dienone is 2. The van der Waals surface area contributed by atoms with Crippen LogP contribution in [0.2, 0.25) is 0 Å². The van der Waals surface area contributed by atoms with Gasteiger partial charge < -0.3 is 26.6 Å². The molecule has 1 atom stereocenters. The van der Waals surface area contributed by atoms with Gasteiger partial charge in [-0.25, -0.2) is 0 Å². The number of nitrogens with one attached hydrogen (secondary N) is 2. The number of aliphatic carboxylic acids is 1. The van der Waals surface area contributed by atoms with Crippen molar-refractivity contribution in [3.63, 3.8) is 0 Å². The van der Waals surface area contributed by atoms with Crippen molar-refractivity contribution >= 4 is 23.6 Å². The second kappa shape index (κ2) is 21.1. The van der Waals surface area contributed by atoms with Gasteiger partial charge in [-0.3, -0.25) is 19.2 Å².